The molecule has 0 spiro atoms. The van der Waals surface area contributed by atoms with Gasteiger partial charge in [-0.1, -0.05) is 6.58 Å². The fraction of sp³-hybridized carbons (Fsp3) is 0.345. The number of methoxy groups -OCH3 is 1. The molecule has 2 fully saturated rings. The Labute approximate surface area is 234 Å². The monoisotopic (exact) mass is 544 g/mol. The fourth-order valence-electron chi connectivity index (χ4n) is 4.70. The molecule has 2 aromatic carbocycles. The van der Waals surface area contributed by atoms with Gasteiger partial charge in [-0.05, 0) is 49.5 Å². The highest BCUT2D eigenvalue weighted by atomic mass is 16.5. The lowest BCUT2D eigenvalue weighted by atomic mass is 10.2. The van der Waals surface area contributed by atoms with Gasteiger partial charge in [0.25, 0.3) is 0 Å². The van der Waals surface area contributed by atoms with Gasteiger partial charge in [0, 0.05) is 62.4 Å². The lowest BCUT2D eigenvalue weighted by Crippen LogP contribution is -2.44. The molecule has 3 heterocycles. The predicted octanol–water partition coefficient (Wildman–Crippen LogP) is 3.69. The van der Waals surface area contributed by atoms with Gasteiger partial charge in [0.1, 0.15) is 5.75 Å². The van der Waals surface area contributed by atoms with Gasteiger partial charge in [0.05, 0.1) is 37.9 Å². The van der Waals surface area contributed by atoms with Gasteiger partial charge in [0.15, 0.2) is 5.82 Å². The molecule has 0 atom stereocenters. The molecule has 11 heteroatoms. The van der Waals surface area contributed by atoms with E-state index in [4.69, 9.17) is 14.5 Å². The summed E-state index contributed by atoms with van der Waals surface area (Å²) in [6.45, 7) is 10.3. The van der Waals surface area contributed by atoms with Gasteiger partial charge in [-0.25, -0.2) is 4.98 Å². The Morgan fingerprint density at radius 1 is 0.975 bits per heavy atom. The molecule has 11 nitrogen and oxygen atoms in total. The molecule has 0 saturated carbocycles. The van der Waals surface area contributed by atoms with E-state index in [1.165, 1.54) is 6.08 Å². The average molecular weight is 545 g/mol. The van der Waals surface area contributed by atoms with Crippen LogP contribution in [0.25, 0.3) is 0 Å². The molecule has 0 aliphatic carbocycles. The second-order valence-corrected chi connectivity index (χ2v) is 9.72. The van der Waals surface area contributed by atoms with Crippen LogP contribution >= 0.6 is 0 Å². The number of carbonyl (C=O) groups is 1. The van der Waals surface area contributed by atoms with Crippen molar-refractivity contribution < 1.29 is 14.3 Å². The number of ether oxygens (including phenoxy) is 2. The van der Waals surface area contributed by atoms with Crippen LogP contribution in [0.1, 0.15) is 0 Å². The van der Waals surface area contributed by atoms with Crippen molar-refractivity contribution >= 4 is 46.1 Å². The Balaban J connectivity index is 1.38. The van der Waals surface area contributed by atoms with Crippen molar-refractivity contribution in [2.45, 2.75) is 0 Å². The molecule has 2 aliphatic rings. The maximum Gasteiger partial charge on any atom is 0.247 e. The first-order valence-corrected chi connectivity index (χ1v) is 13.4. The first-order chi connectivity index (χ1) is 19.5. The van der Waals surface area contributed by atoms with Crippen molar-refractivity contribution in [1.29, 1.82) is 0 Å². The molecule has 1 aromatic heterocycles. The van der Waals surface area contributed by atoms with Crippen molar-refractivity contribution in [3.8, 4) is 5.75 Å². The predicted molar refractivity (Wildman–Crippen MR) is 160 cm³/mol. The van der Waals surface area contributed by atoms with Crippen LogP contribution in [0.2, 0.25) is 0 Å². The number of carbonyl (C=O) groups excluding carboxylic acids is 1. The van der Waals surface area contributed by atoms with Crippen LogP contribution < -0.4 is 30.5 Å². The number of rotatable bonds is 9. The maximum absolute atomic E-state index is 11.6. The number of anilines is 7. The summed E-state index contributed by atoms with van der Waals surface area (Å²) in [7, 11) is 3.82. The lowest BCUT2D eigenvalue weighted by molar-refractivity contribution is -0.111. The summed E-state index contributed by atoms with van der Waals surface area (Å²) in [6.07, 6.45) is 3.07. The molecule has 3 aromatic rings. The molecule has 2 aliphatic heterocycles. The third-order valence-corrected chi connectivity index (χ3v) is 7.02. The van der Waals surface area contributed by atoms with Gasteiger partial charge in [-0.2, -0.15) is 4.98 Å². The Morgan fingerprint density at radius 2 is 1.70 bits per heavy atom. The standard InChI is InChI=1S/C29H36N8O3/c1-4-27(38)31-21-5-7-22(8-6-21)32-28-25(37-15-17-40-18-16-37)20-30-29(34-28)33-24-10-9-23(19-26(24)39-3)36-13-11-35(2)12-14-36/h4-10,19-20H,1,11-18H2,2-3H3,(H,31,38)(H2,30,32,33,34). The van der Waals surface area contributed by atoms with E-state index in [1.54, 1.807) is 7.11 Å². The fourth-order valence-corrected chi connectivity index (χ4v) is 4.70. The van der Waals surface area contributed by atoms with Gasteiger partial charge < -0.3 is 40.1 Å². The van der Waals surface area contributed by atoms with Crippen molar-refractivity contribution in [2.75, 3.05) is 92.4 Å². The lowest BCUT2D eigenvalue weighted by Gasteiger charge is -2.34. The van der Waals surface area contributed by atoms with Crippen LogP contribution in [0.5, 0.6) is 5.75 Å². The van der Waals surface area contributed by atoms with Gasteiger partial charge in [0.2, 0.25) is 11.9 Å². The quantitative estimate of drug-likeness (QED) is 0.345. The zero-order valence-corrected chi connectivity index (χ0v) is 23.0. The molecule has 0 unspecified atom stereocenters. The second kappa shape index (κ2) is 12.7. The first-order valence-electron chi connectivity index (χ1n) is 13.4. The maximum atomic E-state index is 11.6. The highest BCUT2D eigenvalue weighted by Gasteiger charge is 2.19. The molecule has 1 amide bonds. The summed E-state index contributed by atoms with van der Waals surface area (Å²) in [4.78, 5) is 28.0. The van der Waals surface area contributed by atoms with Crippen LogP contribution in [0.3, 0.4) is 0 Å². The Kier molecular flexibility index (Phi) is 8.62. The molecule has 2 saturated heterocycles. The zero-order valence-electron chi connectivity index (χ0n) is 23.0. The number of morpholine rings is 1. The largest absolute Gasteiger partial charge is 0.494 e. The van der Waals surface area contributed by atoms with Crippen molar-refractivity contribution in [3.63, 3.8) is 0 Å². The van der Waals surface area contributed by atoms with Crippen molar-refractivity contribution in [1.82, 2.24) is 14.9 Å². The van der Waals surface area contributed by atoms with E-state index in [0.717, 1.165) is 67.8 Å². The van der Waals surface area contributed by atoms with Gasteiger partial charge in [-0.3, -0.25) is 4.79 Å². The Bertz CT molecular complexity index is 1320. The van der Waals surface area contributed by atoms with E-state index in [2.05, 4.69) is 61.4 Å². The zero-order chi connectivity index (χ0) is 27.9. The molecule has 5 rings (SSSR count). The number of hydrogen-bond donors (Lipinski definition) is 3. The molecule has 40 heavy (non-hydrogen) atoms. The van der Waals surface area contributed by atoms with E-state index in [9.17, 15) is 4.79 Å². The number of nitrogens with zero attached hydrogens (tertiary/aromatic N) is 5. The third kappa shape index (κ3) is 6.61. The highest BCUT2D eigenvalue weighted by Crippen LogP contribution is 2.34. The molecule has 210 valence electrons. The average Bonchev–Trinajstić information content (AvgIpc) is 2.99. The van der Waals surface area contributed by atoms with E-state index >= 15 is 0 Å². The summed E-state index contributed by atoms with van der Waals surface area (Å²) in [6, 6.07) is 13.6. The van der Waals surface area contributed by atoms with Crippen molar-refractivity contribution in [2.24, 2.45) is 0 Å². The summed E-state index contributed by atoms with van der Waals surface area (Å²) in [5.74, 6) is 1.58. The minimum absolute atomic E-state index is 0.256. The molecule has 3 N–H and O–H groups in total. The first kappa shape index (κ1) is 27.2. The van der Waals surface area contributed by atoms with Crippen LogP contribution in [-0.4, -0.2) is 87.4 Å². The summed E-state index contributed by atoms with van der Waals surface area (Å²) >= 11 is 0. The van der Waals surface area contributed by atoms with E-state index < -0.39 is 0 Å². The smallest absolute Gasteiger partial charge is 0.247 e. The molecule has 0 bridgehead atoms. The van der Waals surface area contributed by atoms with Gasteiger partial charge in [-0.15, -0.1) is 0 Å². The van der Waals surface area contributed by atoms with E-state index in [-0.39, 0.29) is 5.91 Å². The number of hydrogen-bond acceptors (Lipinski definition) is 10. The van der Waals surface area contributed by atoms with Crippen LogP contribution in [0.15, 0.2) is 61.3 Å². The number of amides is 1. The summed E-state index contributed by atoms with van der Waals surface area (Å²) in [5, 5.41) is 9.53. The third-order valence-electron chi connectivity index (χ3n) is 7.02. The summed E-state index contributed by atoms with van der Waals surface area (Å²) in [5.41, 5.74) is 4.31. The Morgan fingerprint density at radius 3 is 2.40 bits per heavy atom. The number of nitrogens with one attached hydrogen (secondary N) is 3. The van der Waals surface area contributed by atoms with Crippen LogP contribution in [0.4, 0.5) is 40.2 Å². The van der Waals surface area contributed by atoms with Crippen molar-refractivity contribution in [3.05, 3.63) is 61.3 Å². The Hall–Kier alpha value is -4.35. The van der Waals surface area contributed by atoms with Gasteiger partial charge >= 0.3 is 0 Å². The van der Waals surface area contributed by atoms with Crippen LogP contribution in [-0.2, 0) is 9.53 Å². The second-order valence-electron chi connectivity index (χ2n) is 9.72. The number of aromatic nitrogens is 2. The molecular weight excluding hydrogens is 508 g/mol. The normalized spacial score (nSPS) is 15.8. The highest BCUT2D eigenvalue weighted by molar-refractivity contribution is 5.99. The van der Waals surface area contributed by atoms with E-state index in [1.807, 2.05) is 36.5 Å². The topological polar surface area (TPSA) is 107 Å². The minimum Gasteiger partial charge on any atom is -0.494 e. The minimum atomic E-state index is -0.256. The summed E-state index contributed by atoms with van der Waals surface area (Å²) < 4.78 is 11.3. The van der Waals surface area contributed by atoms with E-state index in [0.29, 0.717) is 30.7 Å². The molecular formula is C29H36N8O3. The number of piperazine rings is 1. The molecule has 0 radical (unpaired) electrons. The van der Waals surface area contributed by atoms with Crippen LogP contribution in [0, 0.1) is 0 Å². The number of likely N-dealkylation sites (N-methyl/N-ethyl adjacent to an activating group) is 1. The SMILES string of the molecule is C=CC(=O)Nc1ccc(Nc2nc(Nc3ccc(N4CCN(C)CC4)cc3OC)ncc2N2CCOCC2)cc1. The number of benzene rings is 2.